The van der Waals surface area contributed by atoms with Gasteiger partial charge in [-0.05, 0) is 50.2 Å². The van der Waals surface area contributed by atoms with Crippen molar-refractivity contribution in [3.63, 3.8) is 0 Å². The van der Waals surface area contributed by atoms with Crippen LogP contribution in [0.2, 0.25) is 0 Å². The van der Waals surface area contributed by atoms with Crippen LogP contribution in [0.5, 0.6) is 5.75 Å². The zero-order valence-electron chi connectivity index (χ0n) is 10.6. The van der Waals surface area contributed by atoms with Crippen molar-refractivity contribution < 1.29 is 14.6 Å². The van der Waals surface area contributed by atoms with E-state index in [9.17, 15) is 4.79 Å². The standard InChI is InChI=1S/C14H19NO3/c1-2-15-9-3-4-13(10-15)18-12-7-5-11(6-8-12)14(16)17/h5-8,13H,2-4,9-10H2,1H3,(H,16,17). The molecule has 1 unspecified atom stereocenters. The molecule has 0 amide bonds. The molecular weight excluding hydrogens is 230 g/mol. The number of hydrogen-bond acceptors (Lipinski definition) is 3. The van der Waals surface area contributed by atoms with Crippen molar-refractivity contribution in [2.45, 2.75) is 25.9 Å². The molecule has 4 nitrogen and oxygen atoms in total. The van der Waals surface area contributed by atoms with E-state index in [-0.39, 0.29) is 6.10 Å². The molecule has 1 aliphatic rings. The highest BCUT2D eigenvalue weighted by molar-refractivity contribution is 5.87. The fourth-order valence-electron chi connectivity index (χ4n) is 2.27. The van der Waals surface area contributed by atoms with Crippen LogP contribution in [0.4, 0.5) is 0 Å². The van der Waals surface area contributed by atoms with Crippen molar-refractivity contribution in [1.82, 2.24) is 4.90 Å². The maximum Gasteiger partial charge on any atom is 0.335 e. The van der Waals surface area contributed by atoms with E-state index in [4.69, 9.17) is 9.84 Å². The maximum absolute atomic E-state index is 10.7. The first-order chi connectivity index (χ1) is 8.69. The molecular formula is C14H19NO3. The summed E-state index contributed by atoms with van der Waals surface area (Å²) in [6.07, 6.45) is 2.44. The monoisotopic (exact) mass is 249 g/mol. The molecule has 1 atom stereocenters. The predicted octanol–water partition coefficient (Wildman–Crippen LogP) is 2.25. The molecule has 1 aliphatic heterocycles. The van der Waals surface area contributed by atoms with E-state index in [1.165, 1.54) is 0 Å². The van der Waals surface area contributed by atoms with Crippen molar-refractivity contribution >= 4 is 5.97 Å². The number of rotatable bonds is 4. The Labute approximate surface area is 107 Å². The molecule has 0 radical (unpaired) electrons. The number of carbonyl (C=O) groups is 1. The van der Waals surface area contributed by atoms with E-state index in [1.54, 1.807) is 24.3 Å². The Hall–Kier alpha value is -1.55. The SMILES string of the molecule is CCN1CCCC(Oc2ccc(C(=O)O)cc2)C1. The second-order valence-electron chi connectivity index (χ2n) is 4.60. The van der Waals surface area contributed by atoms with Crippen LogP contribution in [-0.2, 0) is 0 Å². The van der Waals surface area contributed by atoms with Crippen molar-refractivity contribution in [2.75, 3.05) is 19.6 Å². The number of carboxylic acids is 1. The third-order valence-electron chi connectivity index (χ3n) is 3.31. The molecule has 0 aromatic heterocycles. The molecule has 1 saturated heterocycles. The lowest BCUT2D eigenvalue weighted by molar-refractivity contribution is 0.0696. The molecule has 1 aromatic rings. The summed E-state index contributed by atoms with van der Waals surface area (Å²) in [6.45, 7) is 5.31. The van der Waals surface area contributed by atoms with Gasteiger partial charge >= 0.3 is 5.97 Å². The number of carboxylic acid groups (broad SMARTS) is 1. The molecule has 18 heavy (non-hydrogen) atoms. The molecule has 1 heterocycles. The number of piperidine rings is 1. The van der Waals surface area contributed by atoms with Crippen LogP contribution in [0.15, 0.2) is 24.3 Å². The number of nitrogens with zero attached hydrogens (tertiary/aromatic N) is 1. The van der Waals surface area contributed by atoms with Gasteiger partial charge in [-0.25, -0.2) is 4.79 Å². The van der Waals surface area contributed by atoms with Crippen LogP contribution in [0.3, 0.4) is 0 Å². The molecule has 1 aromatic carbocycles. The molecule has 0 saturated carbocycles. The first-order valence-corrected chi connectivity index (χ1v) is 6.41. The van der Waals surface area contributed by atoms with E-state index >= 15 is 0 Å². The van der Waals surface area contributed by atoms with Crippen molar-refractivity contribution in [2.24, 2.45) is 0 Å². The molecule has 4 heteroatoms. The summed E-state index contributed by atoms with van der Waals surface area (Å²) >= 11 is 0. The van der Waals surface area contributed by atoms with Gasteiger partial charge in [-0.2, -0.15) is 0 Å². The third kappa shape index (κ3) is 3.23. The van der Waals surface area contributed by atoms with Gasteiger partial charge in [0.15, 0.2) is 0 Å². The molecule has 98 valence electrons. The summed E-state index contributed by atoms with van der Waals surface area (Å²) in [4.78, 5) is 13.1. The Kier molecular flexibility index (Phi) is 4.20. The average Bonchev–Trinajstić information content (AvgIpc) is 2.39. The molecule has 1 N–H and O–H groups in total. The van der Waals surface area contributed by atoms with Crippen molar-refractivity contribution in [3.05, 3.63) is 29.8 Å². The lowest BCUT2D eigenvalue weighted by Crippen LogP contribution is -2.40. The minimum atomic E-state index is -0.906. The lowest BCUT2D eigenvalue weighted by atomic mass is 10.1. The van der Waals surface area contributed by atoms with Gasteiger partial charge in [0.25, 0.3) is 0 Å². The Balaban J connectivity index is 1.94. The van der Waals surface area contributed by atoms with Gasteiger partial charge in [-0.1, -0.05) is 6.92 Å². The van der Waals surface area contributed by atoms with Gasteiger partial charge in [-0.3, -0.25) is 4.90 Å². The zero-order chi connectivity index (χ0) is 13.0. The average molecular weight is 249 g/mol. The molecule has 0 spiro atoms. The highest BCUT2D eigenvalue weighted by Gasteiger charge is 2.19. The summed E-state index contributed by atoms with van der Waals surface area (Å²) in [7, 11) is 0. The fourth-order valence-corrected chi connectivity index (χ4v) is 2.27. The van der Waals surface area contributed by atoms with E-state index in [2.05, 4.69) is 11.8 Å². The van der Waals surface area contributed by atoms with Crippen LogP contribution in [-0.4, -0.2) is 41.7 Å². The minimum Gasteiger partial charge on any atom is -0.489 e. The Bertz CT molecular complexity index is 402. The number of ether oxygens (including phenoxy) is 1. The van der Waals surface area contributed by atoms with E-state index in [1.807, 2.05) is 0 Å². The first-order valence-electron chi connectivity index (χ1n) is 6.41. The summed E-state index contributed by atoms with van der Waals surface area (Å²) in [6, 6.07) is 6.62. The summed E-state index contributed by atoms with van der Waals surface area (Å²) in [5.74, 6) is -0.153. The van der Waals surface area contributed by atoms with Crippen LogP contribution in [0.1, 0.15) is 30.1 Å². The summed E-state index contributed by atoms with van der Waals surface area (Å²) < 4.78 is 5.89. The quantitative estimate of drug-likeness (QED) is 0.889. The van der Waals surface area contributed by atoms with Crippen molar-refractivity contribution in [3.8, 4) is 5.75 Å². The minimum absolute atomic E-state index is 0.217. The largest absolute Gasteiger partial charge is 0.489 e. The number of likely N-dealkylation sites (N-methyl/N-ethyl adjacent to an activating group) is 1. The first kappa shape index (κ1) is 12.9. The molecule has 2 rings (SSSR count). The second kappa shape index (κ2) is 5.87. The van der Waals surface area contributed by atoms with Gasteiger partial charge < -0.3 is 9.84 Å². The fraction of sp³-hybridized carbons (Fsp3) is 0.500. The second-order valence-corrected chi connectivity index (χ2v) is 4.60. The lowest BCUT2D eigenvalue weighted by Gasteiger charge is -2.32. The van der Waals surface area contributed by atoms with Crippen LogP contribution < -0.4 is 4.74 Å². The van der Waals surface area contributed by atoms with E-state index < -0.39 is 5.97 Å². The predicted molar refractivity (Wildman–Crippen MR) is 69.2 cm³/mol. The Morgan fingerprint density at radius 2 is 2.17 bits per heavy atom. The summed E-state index contributed by atoms with van der Waals surface area (Å²) in [5, 5.41) is 8.82. The smallest absolute Gasteiger partial charge is 0.335 e. The van der Waals surface area contributed by atoms with E-state index in [0.717, 1.165) is 38.2 Å². The number of benzene rings is 1. The van der Waals surface area contributed by atoms with Gasteiger partial charge in [0.05, 0.1) is 5.56 Å². The topological polar surface area (TPSA) is 49.8 Å². The summed E-state index contributed by atoms with van der Waals surface area (Å²) in [5.41, 5.74) is 0.293. The molecule has 1 fully saturated rings. The van der Waals surface area contributed by atoms with Crippen LogP contribution >= 0.6 is 0 Å². The maximum atomic E-state index is 10.7. The van der Waals surface area contributed by atoms with Gasteiger partial charge in [0, 0.05) is 6.54 Å². The molecule has 0 aliphatic carbocycles. The third-order valence-corrected chi connectivity index (χ3v) is 3.31. The van der Waals surface area contributed by atoms with Gasteiger partial charge in [0.2, 0.25) is 0 Å². The van der Waals surface area contributed by atoms with Gasteiger partial charge in [-0.15, -0.1) is 0 Å². The van der Waals surface area contributed by atoms with E-state index in [0.29, 0.717) is 5.56 Å². The van der Waals surface area contributed by atoms with Crippen LogP contribution in [0.25, 0.3) is 0 Å². The normalized spacial score (nSPS) is 20.6. The molecule has 0 bridgehead atoms. The number of hydrogen-bond donors (Lipinski definition) is 1. The number of aromatic carboxylic acids is 1. The van der Waals surface area contributed by atoms with Gasteiger partial charge in [0.1, 0.15) is 11.9 Å². The number of likely N-dealkylation sites (tertiary alicyclic amines) is 1. The van der Waals surface area contributed by atoms with Crippen molar-refractivity contribution in [1.29, 1.82) is 0 Å². The highest BCUT2D eigenvalue weighted by atomic mass is 16.5. The zero-order valence-corrected chi connectivity index (χ0v) is 10.6. The highest BCUT2D eigenvalue weighted by Crippen LogP contribution is 2.19. The Morgan fingerprint density at radius 1 is 1.44 bits per heavy atom. The van der Waals surface area contributed by atoms with Crippen LogP contribution in [0, 0.1) is 0 Å². The Morgan fingerprint density at radius 3 is 2.78 bits per heavy atom.